The van der Waals surface area contributed by atoms with Crippen molar-refractivity contribution in [3.8, 4) is 0 Å². The average Bonchev–Trinajstić information content (AvgIpc) is 2.85. The molecular formula is C14H20ClNO2S. The third-order valence-corrected chi connectivity index (χ3v) is 6.14. The summed E-state index contributed by atoms with van der Waals surface area (Å²) < 4.78 is 25.3. The normalized spacial score (nSPS) is 23.7. The predicted molar refractivity (Wildman–Crippen MR) is 78.4 cm³/mol. The summed E-state index contributed by atoms with van der Waals surface area (Å²) in [6.45, 7) is 2.95. The van der Waals surface area contributed by atoms with Crippen LogP contribution in [0.25, 0.3) is 0 Å². The van der Waals surface area contributed by atoms with Crippen LogP contribution in [0.5, 0.6) is 0 Å². The Bertz CT molecular complexity index is 530. The molecule has 0 spiro atoms. The SMILES string of the molecule is CCCNC1CCCC1S(=O)(=O)c1cccc(Cl)c1. The van der Waals surface area contributed by atoms with Crippen molar-refractivity contribution in [2.45, 2.75) is 48.8 Å². The highest BCUT2D eigenvalue weighted by atomic mass is 35.5. The van der Waals surface area contributed by atoms with Crippen LogP contribution in [0.2, 0.25) is 5.02 Å². The van der Waals surface area contributed by atoms with Crippen LogP contribution in [0.15, 0.2) is 29.2 Å². The van der Waals surface area contributed by atoms with Gasteiger partial charge in [0.2, 0.25) is 0 Å². The van der Waals surface area contributed by atoms with Crippen LogP contribution in [-0.2, 0) is 9.84 Å². The molecular weight excluding hydrogens is 282 g/mol. The van der Waals surface area contributed by atoms with Crippen LogP contribution in [0.3, 0.4) is 0 Å². The Kier molecular flexibility index (Phi) is 4.87. The van der Waals surface area contributed by atoms with E-state index in [-0.39, 0.29) is 11.3 Å². The molecule has 1 saturated carbocycles. The Balaban J connectivity index is 2.23. The first-order valence-electron chi connectivity index (χ1n) is 6.78. The summed E-state index contributed by atoms with van der Waals surface area (Å²) in [7, 11) is -3.29. The maximum atomic E-state index is 12.7. The summed E-state index contributed by atoms with van der Waals surface area (Å²) in [6, 6.07) is 6.65. The van der Waals surface area contributed by atoms with Gasteiger partial charge in [-0.3, -0.25) is 0 Å². The van der Waals surface area contributed by atoms with Gasteiger partial charge in [0.15, 0.2) is 9.84 Å². The van der Waals surface area contributed by atoms with Gasteiger partial charge < -0.3 is 5.32 Å². The zero-order valence-corrected chi connectivity index (χ0v) is 12.7. The van der Waals surface area contributed by atoms with Crippen LogP contribution < -0.4 is 5.32 Å². The van der Waals surface area contributed by atoms with E-state index in [1.54, 1.807) is 24.3 Å². The lowest BCUT2D eigenvalue weighted by Crippen LogP contribution is -2.40. The number of hydrogen-bond donors (Lipinski definition) is 1. The quantitative estimate of drug-likeness (QED) is 0.909. The van der Waals surface area contributed by atoms with E-state index in [9.17, 15) is 8.42 Å². The highest BCUT2D eigenvalue weighted by molar-refractivity contribution is 7.92. The Morgan fingerprint density at radius 3 is 2.84 bits per heavy atom. The topological polar surface area (TPSA) is 46.2 Å². The molecule has 5 heteroatoms. The number of nitrogens with one attached hydrogen (secondary N) is 1. The largest absolute Gasteiger partial charge is 0.313 e. The lowest BCUT2D eigenvalue weighted by Gasteiger charge is -2.21. The standard InChI is InChI=1S/C14H20ClNO2S/c1-2-9-16-13-7-4-8-14(13)19(17,18)12-6-3-5-11(15)10-12/h3,5-6,10,13-14,16H,2,4,7-9H2,1H3. The number of hydrogen-bond acceptors (Lipinski definition) is 3. The zero-order chi connectivity index (χ0) is 13.9. The van der Waals surface area contributed by atoms with Gasteiger partial charge in [-0.1, -0.05) is 31.0 Å². The molecule has 106 valence electrons. The van der Waals surface area contributed by atoms with Crippen LogP contribution in [0.4, 0.5) is 0 Å². The van der Waals surface area contributed by atoms with Crippen LogP contribution in [0, 0.1) is 0 Å². The molecule has 1 aliphatic rings. The molecule has 3 nitrogen and oxygen atoms in total. The third kappa shape index (κ3) is 3.30. The van der Waals surface area contributed by atoms with Gasteiger partial charge in [-0.15, -0.1) is 0 Å². The highest BCUT2D eigenvalue weighted by Gasteiger charge is 2.37. The molecule has 2 atom stereocenters. The molecule has 2 rings (SSSR count). The van der Waals surface area contributed by atoms with E-state index in [2.05, 4.69) is 12.2 Å². The molecule has 0 aromatic heterocycles. The van der Waals surface area contributed by atoms with Gasteiger partial charge in [0.25, 0.3) is 0 Å². The zero-order valence-electron chi connectivity index (χ0n) is 11.1. The summed E-state index contributed by atoms with van der Waals surface area (Å²) >= 11 is 5.90. The van der Waals surface area contributed by atoms with Crippen LogP contribution in [0.1, 0.15) is 32.6 Å². The molecule has 0 heterocycles. The predicted octanol–water partition coefficient (Wildman–Crippen LogP) is 3.03. The van der Waals surface area contributed by atoms with Crippen LogP contribution in [-0.4, -0.2) is 26.3 Å². The van der Waals surface area contributed by atoms with Gasteiger partial charge in [0.1, 0.15) is 0 Å². The highest BCUT2D eigenvalue weighted by Crippen LogP contribution is 2.31. The Morgan fingerprint density at radius 2 is 2.16 bits per heavy atom. The first-order valence-corrected chi connectivity index (χ1v) is 8.71. The Hall–Kier alpha value is -0.580. The first kappa shape index (κ1) is 14.8. The smallest absolute Gasteiger partial charge is 0.182 e. The molecule has 19 heavy (non-hydrogen) atoms. The first-order chi connectivity index (χ1) is 9.05. The molecule has 0 saturated heterocycles. The maximum Gasteiger partial charge on any atom is 0.182 e. The second kappa shape index (κ2) is 6.25. The molecule has 1 N–H and O–H groups in total. The van der Waals surface area contributed by atoms with Gasteiger partial charge in [0, 0.05) is 11.1 Å². The second-order valence-electron chi connectivity index (χ2n) is 5.03. The van der Waals surface area contributed by atoms with Gasteiger partial charge in [-0.2, -0.15) is 0 Å². The van der Waals surface area contributed by atoms with Gasteiger partial charge in [-0.25, -0.2) is 8.42 Å². The van der Waals surface area contributed by atoms with Crippen molar-refractivity contribution in [1.29, 1.82) is 0 Å². The summed E-state index contributed by atoms with van der Waals surface area (Å²) in [5.41, 5.74) is 0. The minimum absolute atomic E-state index is 0.0731. The third-order valence-electron chi connectivity index (χ3n) is 3.63. The van der Waals surface area contributed by atoms with Crippen LogP contribution >= 0.6 is 11.6 Å². The van der Waals surface area contributed by atoms with Crippen molar-refractivity contribution in [3.63, 3.8) is 0 Å². The number of rotatable bonds is 5. The van der Waals surface area contributed by atoms with E-state index in [1.165, 1.54) is 0 Å². The monoisotopic (exact) mass is 301 g/mol. The van der Waals surface area contributed by atoms with Crippen molar-refractivity contribution in [2.24, 2.45) is 0 Å². The lowest BCUT2D eigenvalue weighted by molar-refractivity contribution is 0.505. The molecule has 0 bridgehead atoms. The Morgan fingerprint density at radius 1 is 1.37 bits per heavy atom. The molecule has 1 aromatic carbocycles. The van der Waals surface area contributed by atoms with Gasteiger partial charge >= 0.3 is 0 Å². The fraction of sp³-hybridized carbons (Fsp3) is 0.571. The molecule has 0 amide bonds. The van der Waals surface area contributed by atoms with E-state index in [0.29, 0.717) is 9.92 Å². The van der Waals surface area contributed by atoms with Crippen molar-refractivity contribution in [3.05, 3.63) is 29.3 Å². The van der Waals surface area contributed by atoms with E-state index in [0.717, 1.165) is 32.2 Å². The maximum absolute atomic E-state index is 12.7. The lowest BCUT2D eigenvalue weighted by atomic mass is 10.2. The van der Waals surface area contributed by atoms with Crippen molar-refractivity contribution < 1.29 is 8.42 Å². The van der Waals surface area contributed by atoms with E-state index in [1.807, 2.05) is 0 Å². The van der Waals surface area contributed by atoms with Gasteiger partial charge in [0.05, 0.1) is 10.1 Å². The molecule has 1 aliphatic carbocycles. The van der Waals surface area contributed by atoms with E-state index < -0.39 is 9.84 Å². The summed E-state index contributed by atoms with van der Waals surface area (Å²) in [4.78, 5) is 0.343. The number of benzene rings is 1. The summed E-state index contributed by atoms with van der Waals surface area (Å²) in [5.74, 6) is 0. The van der Waals surface area contributed by atoms with Crippen molar-refractivity contribution >= 4 is 21.4 Å². The number of halogens is 1. The van der Waals surface area contributed by atoms with Crippen molar-refractivity contribution in [2.75, 3.05) is 6.54 Å². The second-order valence-corrected chi connectivity index (χ2v) is 7.64. The minimum atomic E-state index is -3.29. The van der Waals surface area contributed by atoms with Crippen molar-refractivity contribution in [1.82, 2.24) is 5.32 Å². The molecule has 0 radical (unpaired) electrons. The Labute approximate surface area is 120 Å². The van der Waals surface area contributed by atoms with E-state index in [4.69, 9.17) is 11.6 Å². The molecule has 0 aliphatic heterocycles. The molecule has 1 aromatic rings. The summed E-state index contributed by atoms with van der Waals surface area (Å²) in [5, 5.41) is 3.51. The average molecular weight is 302 g/mol. The summed E-state index contributed by atoms with van der Waals surface area (Å²) in [6.07, 6.45) is 3.65. The fourth-order valence-corrected chi connectivity index (χ4v) is 4.99. The van der Waals surface area contributed by atoms with E-state index >= 15 is 0 Å². The van der Waals surface area contributed by atoms with Gasteiger partial charge in [-0.05, 0) is 44.0 Å². The molecule has 1 fully saturated rings. The number of sulfone groups is 1. The minimum Gasteiger partial charge on any atom is -0.313 e. The molecule has 2 unspecified atom stereocenters. The fourth-order valence-electron chi connectivity index (χ4n) is 2.68.